The van der Waals surface area contributed by atoms with Crippen LogP contribution >= 0.6 is 0 Å². The molecule has 1 atom stereocenters. The van der Waals surface area contributed by atoms with Crippen molar-refractivity contribution in [1.82, 2.24) is 9.88 Å². The van der Waals surface area contributed by atoms with E-state index in [-0.39, 0.29) is 50.4 Å². The van der Waals surface area contributed by atoms with Crippen molar-refractivity contribution >= 4 is 40.5 Å². The average molecular weight is 586 g/mol. The third-order valence-electron chi connectivity index (χ3n) is 6.59. The van der Waals surface area contributed by atoms with E-state index in [1.54, 1.807) is 12.3 Å². The number of aliphatic carboxylic acids is 1. The zero-order valence-corrected chi connectivity index (χ0v) is 23.2. The van der Waals surface area contributed by atoms with Crippen molar-refractivity contribution in [3.05, 3.63) is 71.9 Å². The molecule has 2 aromatic carbocycles. The first-order valence-corrected chi connectivity index (χ1v) is 13.5. The number of ether oxygens (including phenoxy) is 2. The number of carbonyl (C=O) groups excluding carboxylic acids is 3. The molecule has 0 radical (unpaired) electrons. The SMILES string of the molecule is CN(C(=O)CCc1cccc(F)c1F)[C@@H](CCCCOC(=O)CCC(=O)O)COC(=O)Nc1cc2ccccc2cn1. The fourth-order valence-corrected chi connectivity index (χ4v) is 4.17. The molecule has 12 heteroatoms. The van der Waals surface area contributed by atoms with Crippen LogP contribution in [0.4, 0.5) is 19.4 Å². The fourth-order valence-electron chi connectivity index (χ4n) is 4.17. The number of unbranched alkanes of at least 4 members (excludes halogenated alkanes) is 1. The van der Waals surface area contributed by atoms with Crippen LogP contribution in [0.25, 0.3) is 10.8 Å². The summed E-state index contributed by atoms with van der Waals surface area (Å²) in [6.45, 7) is -0.0922. The summed E-state index contributed by atoms with van der Waals surface area (Å²) >= 11 is 0. The Morgan fingerprint density at radius 2 is 1.74 bits per heavy atom. The molecule has 1 heterocycles. The predicted molar refractivity (Wildman–Crippen MR) is 150 cm³/mol. The van der Waals surface area contributed by atoms with Gasteiger partial charge in [0.2, 0.25) is 5.91 Å². The number of benzene rings is 2. The van der Waals surface area contributed by atoms with Gasteiger partial charge in [0.05, 0.1) is 25.5 Å². The van der Waals surface area contributed by atoms with Gasteiger partial charge in [0.1, 0.15) is 12.4 Å². The standard InChI is InChI=1S/C30H33F2N3O7/c1-35(26(36)13-12-20-9-6-11-24(31)29(20)32)23(10-4-5-16-41-28(39)15-14-27(37)38)19-42-30(40)34-25-17-21-7-2-3-8-22(21)18-33-25/h2-3,6-9,11,17-18,23H,4-5,10,12-16,19H2,1H3,(H,37,38)(H,33,34,40)/t23-/m0/s1. The number of nitrogens with one attached hydrogen (secondary N) is 1. The van der Waals surface area contributed by atoms with Gasteiger partial charge >= 0.3 is 18.0 Å². The molecule has 0 aliphatic rings. The molecule has 224 valence electrons. The van der Waals surface area contributed by atoms with Gasteiger partial charge in [-0.1, -0.05) is 36.4 Å². The number of carbonyl (C=O) groups is 4. The van der Waals surface area contributed by atoms with E-state index in [1.807, 2.05) is 24.3 Å². The highest BCUT2D eigenvalue weighted by atomic mass is 19.2. The molecule has 0 fully saturated rings. The van der Waals surface area contributed by atoms with Crippen LogP contribution in [0.15, 0.2) is 54.7 Å². The van der Waals surface area contributed by atoms with Gasteiger partial charge in [-0.15, -0.1) is 0 Å². The molecule has 0 aliphatic carbocycles. The van der Waals surface area contributed by atoms with E-state index >= 15 is 0 Å². The van der Waals surface area contributed by atoms with E-state index in [0.29, 0.717) is 25.1 Å². The highest BCUT2D eigenvalue weighted by molar-refractivity contribution is 5.89. The van der Waals surface area contributed by atoms with Crippen molar-refractivity contribution in [2.75, 3.05) is 25.6 Å². The van der Waals surface area contributed by atoms with Crippen molar-refractivity contribution in [2.24, 2.45) is 0 Å². The molecule has 2 amide bonds. The quantitative estimate of drug-likeness (QED) is 0.186. The molecular formula is C30H33F2N3O7. The number of amides is 2. The van der Waals surface area contributed by atoms with E-state index in [2.05, 4.69) is 10.3 Å². The van der Waals surface area contributed by atoms with Crippen LogP contribution in [0.2, 0.25) is 0 Å². The average Bonchev–Trinajstić information content (AvgIpc) is 2.97. The third-order valence-corrected chi connectivity index (χ3v) is 6.59. The maximum atomic E-state index is 14.0. The van der Waals surface area contributed by atoms with Gasteiger partial charge in [0.25, 0.3) is 0 Å². The van der Waals surface area contributed by atoms with E-state index < -0.39 is 35.7 Å². The first-order valence-electron chi connectivity index (χ1n) is 13.5. The lowest BCUT2D eigenvalue weighted by molar-refractivity contribution is -0.147. The number of nitrogens with zero attached hydrogens (tertiary/aromatic N) is 2. The zero-order valence-electron chi connectivity index (χ0n) is 23.2. The molecule has 1 aromatic heterocycles. The highest BCUT2D eigenvalue weighted by Gasteiger charge is 2.22. The first kappa shape index (κ1) is 31.9. The number of likely N-dealkylation sites (N-methyl/N-ethyl adjacent to an activating group) is 1. The van der Waals surface area contributed by atoms with Crippen molar-refractivity contribution in [1.29, 1.82) is 0 Å². The molecule has 2 N–H and O–H groups in total. The number of halogens is 2. The lowest BCUT2D eigenvalue weighted by atomic mass is 10.1. The fraction of sp³-hybridized carbons (Fsp3) is 0.367. The second-order valence-corrected chi connectivity index (χ2v) is 9.62. The first-order chi connectivity index (χ1) is 20.1. The number of rotatable bonds is 15. The van der Waals surface area contributed by atoms with Crippen LogP contribution in [0.1, 0.15) is 44.1 Å². The van der Waals surface area contributed by atoms with Crippen LogP contribution in [0, 0.1) is 11.6 Å². The van der Waals surface area contributed by atoms with Crippen molar-refractivity contribution in [2.45, 2.75) is 51.0 Å². The number of carboxylic acids is 1. The number of aromatic nitrogens is 1. The van der Waals surface area contributed by atoms with Gasteiger partial charge in [-0.05, 0) is 48.8 Å². The lowest BCUT2D eigenvalue weighted by Crippen LogP contribution is -2.41. The molecule has 0 unspecified atom stereocenters. The zero-order chi connectivity index (χ0) is 30.5. The molecule has 3 rings (SSSR count). The molecule has 0 saturated carbocycles. The summed E-state index contributed by atoms with van der Waals surface area (Å²) in [4.78, 5) is 53.3. The molecule has 10 nitrogen and oxygen atoms in total. The Bertz CT molecular complexity index is 1400. The summed E-state index contributed by atoms with van der Waals surface area (Å²) in [5.74, 6) is -3.76. The van der Waals surface area contributed by atoms with Gasteiger partial charge in [-0.2, -0.15) is 0 Å². The van der Waals surface area contributed by atoms with Crippen molar-refractivity contribution in [3.63, 3.8) is 0 Å². The van der Waals surface area contributed by atoms with Crippen molar-refractivity contribution in [3.8, 4) is 0 Å². The summed E-state index contributed by atoms with van der Waals surface area (Å²) < 4.78 is 38.0. The topological polar surface area (TPSA) is 135 Å². The number of aryl methyl sites for hydroxylation is 1. The third kappa shape index (κ3) is 10.1. The second-order valence-electron chi connectivity index (χ2n) is 9.62. The summed E-state index contributed by atoms with van der Waals surface area (Å²) in [7, 11) is 1.53. The summed E-state index contributed by atoms with van der Waals surface area (Å²) in [6.07, 6.45) is 1.50. The Kier molecular flexibility index (Phi) is 12.1. The van der Waals surface area contributed by atoms with Gasteiger partial charge in [0, 0.05) is 25.1 Å². The van der Waals surface area contributed by atoms with Crippen LogP contribution < -0.4 is 5.32 Å². The molecule has 3 aromatic rings. The lowest BCUT2D eigenvalue weighted by Gasteiger charge is -2.28. The van der Waals surface area contributed by atoms with Gasteiger partial charge in [-0.25, -0.2) is 18.6 Å². The molecule has 0 aliphatic heterocycles. The Balaban J connectivity index is 1.56. The minimum absolute atomic E-state index is 0.0131. The molecular weight excluding hydrogens is 552 g/mol. The van der Waals surface area contributed by atoms with Gasteiger partial charge in [0.15, 0.2) is 11.6 Å². The summed E-state index contributed by atoms with van der Waals surface area (Å²) in [5.41, 5.74) is 0.0801. The molecule has 42 heavy (non-hydrogen) atoms. The Hall–Kier alpha value is -4.61. The van der Waals surface area contributed by atoms with Crippen LogP contribution in [0.3, 0.4) is 0 Å². The number of carboxylic acid groups (broad SMARTS) is 1. The number of hydrogen-bond acceptors (Lipinski definition) is 7. The van der Waals surface area contributed by atoms with Crippen LogP contribution in [-0.4, -0.2) is 65.2 Å². The predicted octanol–water partition coefficient (Wildman–Crippen LogP) is 5.10. The minimum atomic E-state index is -1.09. The number of esters is 1. The number of hydrogen-bond donors (Lipinski definition) is 2. The number of fused-ring (bicyclic) bond motifs is 1. The second kappa shape index (κ2) is 16.0. The summed E-state index contributed by atoms with van der Waals surface area (Å²) in [6, 6.07) is 12.4. The largest absolute Gasteiger partial charge is 0.481 e. The summed E-state index contributed by atoms with van der Waals surface area (Å²) in [5, 5.41) is 13.0. The monoisotopic (exact) mass is 585 g/mol. The van der Waals surface area contributed by atoms with Gasteiger partial charge < -0.3 is 19.5 Å². The molecule has 0 spiro atoms. The number of pyridine rings is 1. The van der Waals surface area contributed by atoms with E-state index in [4.69, 9.17) is 14.6 Å². The maximum Gasteiger partial charge on any atom is 0.412 e. The van der Waals surface area contributed by atoms with Crippen LogP contribution in [-0.2, 0) is 30.3 Å². The number of anilines is 1. The Labute approximate surface area is 241 Å². The van der Waals surface area contributed by atoms with E-state index in [1.165, 1.54) is 24.1 Å². The van der Waals surface area contributed by atoms with E-state index in [0.717, 1.165) is 16.8 Å². The van der Waals surface area contributed by atoms with Crippen LogP contribution in [0.5, 0.6) is 0 Å². The van der Waals surface area contributed by atoms with Gasteiger partial charge in [-0.3, -0.25) is 19.7 Å². The van der Waals surface area contributed by atoms with E-state index in [9.17, 15) is 28.0 Å². The maximum absolute atomic E-state index is 14.0. The Morgan fingerprint density at radius 3 is 2.50 bits per heavy atom. The molecule has 0 saturated heterocycles. The molecule has 0 bridgehead atoms. The Morgan fingerprint density at radius 1 is 0.976 bits per heavy atom. The smallest absolute Gasteiger partial charge is 0.412 e. The minimum Gasteiger partial charge on any atom is -0.481 e. The highest BCUT2D eigenvalue weighted by Crippen LogP contribution is 2.18. The van der Waals surface area contributed by atoms with Crippen molar-refractivity contribution < 1.29 is 42.5 Å². The normalized spacial score (nSPS) is 11.5.